The van der Waals surface area contributed by atoms with Crippen LogP contribution in [0, 0.1) is 6.92 Å². The van der Waals surface area contributed by atoms with Gasteiger partial charge in [0.05, 0.1) is 19.9 Å². The van der Waals surface area contributed by atoms with Crippen molar-refractivity contribution in [3.05, 3.63) is 65.0 Å². The Morgan fingerprint density at radius 2 is 1.96 bits per heavy atom. The van der Waals surface area contributed by atoms with E-state index in [2.05, 4.69) is 34.5 Å². The molecule has 1 N–H and O–H groups in total. The van der Waals surface area contributed by atoms with Crippen LogP contribution < -0.4 is 19.5 Å². The average Bonchev–Trinajstić information content (AvgIpc) is 3.19. The molecule has 0 aliphatic carbocycles. The van der Waals surface area contributed by atoms with Gasteiger partial charge in [-0.05, 0) is 36.8 Å². The van der Waals surface area contributed by atoms with Gasteiger partial charge >= 0.3 is 0 Å². The van der Waals surface area contributed by atoms with E-state index in [4.69, 9.17) is 14.2 Å². The SMILES string of the molecule is COc1ccc(C2C3=C(Nc4ncnn42)c2cc(C)ccc2OC3)cc1OC. The standard InChI is InChI=1S/C21H20N4O3/c1-12-4-6-16-14(8-12)19-15(10-28-16)20(25-21(24-19)22-11-23-25)13-5-7-17(26-2)18(9-13)27-3/h4-9,11,20H,10H2,1-3H3,(H,22,23,24). The minimum atomic E-state index is -0.151. The maximum absolute atomic E-state index is 6.08. The van der Waals surface area contributed by atoms with E-state index in [1.807, 2.05) is 28.9 Å². The zero-order valence-electron chi connectivity index (χ0n) is 15.9. The summed E-state index contributed by atoms with van der Waals surface area (Å²) in [6, 6.07) is 12.0. The van der Waals surface area contributed by atoms with Gasteiger partial charge in [-0.15, -0.1) is 0 Å². The summed E-state index contributed by atoms with van der Waals surface area (Å²) >= 11 is 0. The fourth-order valence-corrected chi connectivity index (χ4v) is 3.88. The second-order valence-corrected chi connectivity index (χ2v) is 6.86. The minimum absolute atomic E-state index is 0.151. The van der Waals surface area contributed by atoms with Crippen molar-refractivity contribution in [2.45, 2.75) is 13.0 Å². The number of fused-ring (bicyclic) bond motifs is 3. The Kier molecular flexibility index (Phi) is 3.75. The quantitative estimate of drug-likeness (QED) is 0.755. The average molecular weight is 376 g/mol. The highest BCUT2D eigenvalue weighted by atomic mass is 16.5. The van der Waals surface area contributed by atoms with Gasteiger partial charge in [0.1, 0.15) is 24.7 Å². The number of aryl methyl sites for hydroxylation is 1. The van der Waals surface area contributed by atoms with Crippen molar-refractivity contribution in [2.24, 2.45) is 0 Å². The molecule has 0 bridgehead atoms. The van der Waals surface area contributed by atoms with Crippen LogP contribution in [0.4, 0.5) is 5.95 Å². The van der Waals surface area contributed by atoms with Gasteiger partial charge in [-0.1, -0.05) is 17.7 Å². The van der Waals surface area contributed by atoms with Gasteiger partial charge in [-0.25, -0.2) is 4.68 Å². The lowest BCUT2D eigenvalue weighted by molar-refractivity contribution is 0.327. The predicted molar refractivity (Wildman–Crippen MR) is 105 cm³/mol. The highest BCUT2D eigenvalue weighted by Crippen LogP contribution is 2.44. The summed E-state index contributed by atoms with van der Waals surface area (Å²) in [5, 5.41) is 7.90. The zero-order valence-corrected chi connectivity index (χ0v) is 15.9. The summed E-state index contributed by atoms with van der Waals surface area (Å²) in [5.74, 6) is 2.94. The molecule has 0 saturated carbocycles. The fraction of sp³-hybridized carbons (Fsp3) is 0.238. The monoisotopic (exact) mass is 376 g/mol. The Morgan fingerprint density at radius 3 is 2.79 bits per heavy atom. The lowest BCUT2D eigenvalue weighted by Crippen LogP contribution is -2.30. The number of methoxy groups -OCH3 is 2. The van der Waals surface area contributed by atoms with E-state index >= 15 is 0 Å². The molecule has 0 spiro atoms. The van der Waals surface area contributed by atoms with Crippen LogP contribution in [0.2, 0.25) is 0 Å². The molecule has 142 valence electrons. The van der Waals surface area contributed by atoms with Crippen LogP contribution in [0.1, 0.15) is 22.7 Å². The number of anilines is 1. The van der Waals surface area contributed by atoms with E-state index < -0.39 is 0 Å². The van der Waals surface area contributed by atoms with Crippen LogP contribution in [-0.4, -0.2) is 35.6 Å². The third-order valence-corrected chi connectivity index (χ3v) is 5.22. The Morgan fingerprint density at radius 1 is 1.11 bits per heavy atom. The van der Waals surface area contributed by atoms with E-state index in [0.717, 1.165) is 28.1 Å². The topological polar surface area (TPSA) is 70.4 Å². The summed E-state index contributed by atoms with van der Waals surface area (Å²) in [6.07, 6.45) is 1.56. The minimum Gasteiger partial charge on any atom is -0.493 e. The van der Waals surface area contributed by atoms with Crippen LogP contribution in [-0.2, 0) is 0 Å². The first kappa shape index (κ1) is 16.7. The fourth-order valence-electron chi connectivity index (χ4n) is 3.88. The Bertz CT molecular complexity index is 1100. The van der Waals surface area contributed by atoms with E-state index in [9.17, 15) is 0 Å². The Hall–Kier alpha value is -3.48. The highest BCUT2D eigenvalue weighted by Gasteiger charge is 2.35. The first-order valence-electron chi connectivity index (χ1n) is 9.05. The van der Waals surface area contributed by atoms with Gasteiger partial charge in [0, 0.05) is 11.1 Å². The van der Waals surface area contributed by atoms with Crippen molar-refractivity contribution in [2.75, 3.05) is 26.1 Å². The third kappa shape index (κ3) is 2.43. The van der Waals surface area contributed by atoms with E-state index in [-0.39, 0.29) is 6.04 Å². The molecule has 7 heteroatoms. The molecule has 0 amide bonds. The van der Waals surface area contributed by atoms with Gasteiger partial charge < -0.3 is 19.5 Å². The van der Waals surface area contributed by atoms with Crippen LogP contribution in [0.3, 0.4) is 0 Å². The Labute approximate surface area is 162 Å². The smallest absolute Gasteiger partial charge is 0.226 e. The molecule has 1 atom stereocenters. The highest BCUT2D eigenvalue weighted by molar-refractivity contribution is 5.84. The molecule has 0 saturated heterocycles. The predicted octanol–water partition coefficient (Wildman–Crippen LogP) is 3.42. The molecule has 0 radical (unpaired) electrons. The molecule has 2 aliphatic rings. The van der Waals surface area contributed by atoms with Crippen LogP contribution >= 0.6 is 0 Å². The number of benzene rings is 2. The number of aromatic nitrogens is 3. The molecule has 1 aromatic heterocycles. The molecule has 2 aromatic carbocycles. The van der Waals surface area contributed by atoms with Gasteiger partial charge in [0.25, 0.3) is 0 Å². The Balaban J connectivity index is 1.71. The zero-order chi connectivity index (χ0) is 19.3. The molecular formula is C21H20N4O3. The maximum atomic E-state index is 6.08. The first-order valence-corrected chi connectivity index (χ1v) is 9.05. The molecule has 3 heterocycles. The van der Waals surface area contributed by atoms with E-state index in [1.54, 1.807) is 20.5 Å². The number of ether oxygens (including phenoxy) is 3. The van der Waals surface area contributed by atoms with Crippen molar-refractivity contribution in [1.82, 2.24) is 14.8 Å². The summed E-state index contributed by atoms with van der Waals surface area (Å²) in [4.78, 5) is 4.41. The summed E-state index contributed by atoms with van der Waals surface area (Å²) in [7, 11) is 3.27. The van der Waals surface area contributed by atoms with Crippen molar-refractivity contribution in [1.29, 1.82) is 0 Å². The van der Waals surface area contributed by atoms with Crippen molar-refractivity contribution in [3.63, 3.8) is 0 Å². The van der Waals surface area contributed by atoms with Gasteiger partial charge in [0.15, 0.2) is 11.5 Å². The van der Waals surface area contributed by atoms with Crippen LogP contribution in [0.25, 0.3) is 5.70 Å². The second kappa shape index (κ2) is 6.30. The molecule has 0 fully saturated rings. The van der Waals surface area contributed by atoms with Gasteiger partial charge in [0.2, 0.25) is 5.95 Å². The lowest BCUT2D eigenvalue weighted by Gasteiger charge is -2.34. The normalized spacial score (nSPS) is 17.0. The molecular weight excluding hydrogens is 356 g/mol. The summed E-state index contributed by atoms with van der Waals surface area (Å²) < 4.78 is 18.9. The summed E-state index contributed by atoms with van der Waals surface area (Å²) in [6.45, 7) is 2.54. The van der Waals surface area contributed by atoms with Gasteiger partial charge in [-0.2, -0.15) is 10.1 Å². The number of hydrogen-bond acceptors (Lipinski definition) is 6. The molecule has 3 aromatic rings. The van der Waals surface area contributed by atoms with Crippen LogP contribution in [0.15, 0.2) is 48.3 Å². The van der Waals surface area contributed by atoms with Crippen molar-refractivity contribution in [3.8, 4) is 17.2 Å². The third-order valence-electron chi connectivity index (χ3n) is 5.22. The first-order chi connectivity index (χ1) is 13.7. The molecule has 2 aliphatic heterocycles. The lowest BCUT2D eigenvalue weighted by atomic mass is 9.91. The molecule has 28 heavy (non-hydrogen) atoms. The molecule has 5 rings (SSSR count). The number of nitrogens with one attached hydrogen (secondary N) is 1. The van der Waals surface area contributed by atoms with Crippen molar-refractivity contribution >= 4 is 11.6 Å². The number of nitrogens with zero attached hydrogens (tertiary/aromatic N) is 3. The molecule has 7 nitrogen and oxygen atoms in total. The maximum Gasteiger partial charge on any atom is 0.226 e. The number of hydrogen-bond donors (Lipinski definition) is 1. The summed E-state index contributed by atoms with van der Waals surface area (Å²) in [5.41, 5.74) is 5.38. The van der Waals surface area contributed by atoms with Crippen molar-refractivity contribution < 1.29 is 14.2 Å². The van der Waals surface area contributed by atoms with E-state index in [1.165, 1.54) is 5.56 Å². The van der Waals surface area contributed by atoms with Gasteiger partial charge in [-0.3, -0.25) is 0 Å². The largest absolute Gasteiger partial charge is 0.493 e. The molecule has 1 unspecified atom stereocenters. The second-order valence-electron chi connectivity index (χ2n) is 6.86. The number of rotatable bonds is 3. The van der Waals surface area contributed by atoms with E-state index in [0.29, 0.717) is 24.1 Å². The van der Waals surface area contributed by atoms with Crippen LogP contribution in [0.5, 0.6) is 17.2 Å².